The molecule has 0 unspecified atom stereocenters. The predicted molar refractivity (Wildman–Crippen MR) is 89.7 cm³/mol. The minimum Gasteiger partial charge on any atom is -0.338 e. The van der Waals surface area contributed by atoms with Crippen LogP contribution >= 0.6 is 11.6 Å². The fourth-order valence-corrected chi connectivity index (χ4v) is 2.06. The standard InChI is InChI=1S/C16H19ClN4O/c1-3-4-8-16(22)19-15-10-9-14(20-21-15)18-13-7-5-6-12(17)11(13)2/h5-7,9-10H,3-4,8H2,1-2H3,(H,18,20)(H,19,21,22). The van der Waals surface area contributed by atoms with Crippen LogP contribution in [0.1, 0.15) is 31.7 Å². The molecule has 0 atom stereocenters. The lowest BCUT2D eigenvalue weighted by atomic mass is 10.2. The zero-order valence-corrected chi connectivity index (χ0v) is 13.4. The van der Waals surface area contributed by atoms with Crippen LogP contribution in [0.25, 0.3) is 0 Å². The van der Waals surface area contributed by atoms with E-state index in [1.165, 1.54) is 0 Å². The van der Waals surface area contributed by atoms with Crippen molar-refractivity contribution in [2.24, 2.45) is 0 Å². The Labute approximate surface area is 135 Å². The van der Waals surface area contributed by atoms with Crippen LogP contribution in [0.5, 0.6) is 0 Å². The third-order valence-electron chi connectivity index (χ3n) is 3.22. The molecule has 0 fully saturated rings. The number of nitrogens with zero attached hydrogens (tertiary/aromatic N) is 2. The number of halogens is 1. The van der Waals surface area contributed by atoms with Gasteiger partial charge in [0, 0.05) is 17.1 Å². The molecule has 5 nitrogen and oxygen atoms in total. The summed E-state index contributed by atoms with van der Waals surface area (Å²) in [5.41, 5.74) is 1.82. The van der Waals surface area contributed by atoms with Crippen molar-refractivity contribution in [3.63, 3.8) is 0 Å². The first kappa shape index (κ1) is 16.2. The Balaban J connectivity index is 2.00. The van der Waals surface area contributed by atoms with Crippen molar-refractivity contribution in [1.82, 2.24) is 10.2 Å². The molecule has 0 saturated heterocycles. The van der Waals surface area contributed by atoms with Gasteiger partial charge in [-0.05, 0) is 43.2 Å². The SMILES string of the molecule is CCCCC(=O)Nc1ccc(Nc2cccc(Cl)c2C)nn1. The maximum absolute atomic E-state index is 11.6. The van der Waals surface area contributed by atoms with Gasteiger partial charge in [-0.2, -0.15) is 0 Å². The molecule has 2 N–H and O–H groups in total. The van der Waals surface area contributed by atoms with Gasteiger partial charge in [0.15, 0.2) is 11.6 Å². The Morgan fingerprint density at radius 3 is 2.59 bits per heavy atom. The lowest BCUT2D eigenvalue weighted by Crippen LogP contribution is -2.12. The number of benzene rings is 1. The number of aromatic nitrogens is 2. The normalized spacial score (nSPS) is 10.3. The van der Waals surface area contributed by atoms with Gasteiger partial charge in [-0.3, -0.25) is 4.79 Å². The van der Waals surface area contributed by atoms with Gasteiger partial charge in [-0.15, -0.1) is 10.2 Å². The highest BCUT2D eigenvalue weighted by Crippen LogP contribution is 2.25. The third kappa shape index (κ3) is 4.43. The molecule has 1 amide bonds. The van der Waals surface area contributed by atoms with Crippen molar-refractivity contribution in [1.29, 1.82) is 0 Å². The summed E-state index contributed by atoms with van der Waals surface area (Å²) < 4.78 is 0. The number of hydrogen-bond donors (Lipinski definition) is 2. The van der Waals surface area contributed by atoms with Crippen LogP contribution in [0.15, 0.2) is 30.3 Å². The quantitative estimate of drug-likeness (QED) is 0.832. The molecular weight excluding hydrogens is 300 g/mol. The first-order valence-electron chi connectivity index (χ1n) is 7.26. The topological polar surface area (TPSA) is 66.9 Å². The van der Waals surface area contributed by atoms with Crippen LogP contribution < -0.4 is 10.6 Å². The van der Waals surface area contributed by atoms with Gasteiger partial charge in [0.25, 0.3) is 0 Å². The van der Waals surface area contributed by atoms with Crippen molar-refractivity contribution >= 4 is 34.8 Å². The van der Waals surface area contributed by atoms with E-state index < -0.39 is 0 Å². The lowest BCUT2D eigenvalue weighted by molar-refractivity contribution is -0.116. The number of rotatable bonds is 6. The molecule has 2 aromatic rings. The first-order chi connectivity index (χ1) is 10.6. The Hall–Kier alpha value is -2.14. The summed E-state index contributed by atoms with van der Waals surface area (Å²) in [5, 5.41) is 14.6. The van der Waals surface area contributed by atoms with E-state index in [0.717, 1.165) is 24.1 Å². The number of amides is 1. The van der Waals surface area contributed by atoms with E-state index in [1.807, 2.05) is 32.0 Å². The molecule has 1 aromatic carbocycles. The number of anilines is 3. The molecule has 22 heavy (non-hydrogen) atoms. The molecular formula is C16H19ClN4O. The van der Waals surface area contributed by atoms with Crippen molar-refractivity contribution in [3.05, 3.63) is 40.9 Å². The molecule has 2 rings (SSSR count). The van der Waals surface area contributed by atoms with Gasteiger partial charge in [0.2, 0.25) is 5.91 Å². The number of carbonyl (C=O) groups is 1. The van der Waals surface area contributed by atoms with Crippen molar-refractivity contribution in [3.8, 4) is 0 Å². The predicted octanol–water partition coefficient (Wildman–Crippen LogP) is 4.31. The third-order valence-corrected chi connectivity index (χ3v) is 3.63. The second-order valence-electron chi connectivity index (χ2n) is 4.99. The molecule has 6 heteroatoms. The zero-order chi connectivity index (χ0) is 15.9. The van der Waals surface area contributed by atoms with Gasteiger partial charge < -0.3 is 10.6 Å². The molecule has 0 aliphatic heterocycles. The molecule has 0 spiro atoms. The van der Waals surface area contributed by atoms with Gasteiger partial charge >= 0.3 is 0 Å². The van der Waals surface area contributed by atoms with Crippen molar-refractivity contribution in [2.45, 2.75) is 33.1 Å². The fraction of sp³-hybridized carbons (Fsp3) is 0.312. The Bertz CT molecular complexity index is 643. The van der Waals surface area contributed by atoms with Gasteiger partial charge in [-0.1, -0.05) is 31.0 Å². The maximum atomic E-state index is 11.6. The fourth-order valence-electron chi connectivity index (χ4n) is 1.89. The van der Waals surface area contributed by atoms with E-state index in [9.17, 15) is 4.79 Å². The Morgan fingerprint density at radius 1 is 1.18 bits per heavy atom. The number of nitrogens with one attached hydrogen (secondary N) is 2. The molecule has 0 aliphatic carbocycles. The van der Waals surface area contributed by atoms with Crippen LogP contribution in [0.2, 0.25) is 5.02 Å². The monoisotopic (exact) mass is 318 g/mol. The average Bonchev–Trinajstić information content (AvgIpc) is 2.51. The van der Waals surface area contributed by atoms with E-state index in [-0.39, 0.29) is 5.91 Å². The Morgan fingerprint density at radius 2 is 1.91 bits per heavy atom. The van der Waals surface area contributed by atoms with Crippen LogP contribution in [0.3, 0.4) is 0 Å². The summed E-state index contributed by atoms with van der Waals surface area (Å²) >= 11 is 6.08. The summed E-state index contributed by atoms with van der Waals surface area (Å²) in [4.78, 5) is 11.6. The minimum atomic E-state index is -0.0393. The summed E-state index contributed by atoms with van der Waals surface area (Å²) in [6, 6.07) is 9.11. The zero-order valence-electron chi connectivity index (χ0n) is 12.7. The van der Waals surface area contributed by atoms with E-state index >= 15 is 0 Å². The second kappa shape index (κ2) is 7.75. The van der Waals surface area contributed by atoms with Crippen LogP contribution in [-0.4, -0.2) is 16.1 Å². The van der Waals surface area contributed by atoms with E-state index in [4.69, 9.17) is 11.6 Å². The van der Waals surface area contributed by atoms with Gasteiger partial charge in [0.1, 0.15) is 0 Å². The molecule has 0 radical (unpaired) electrons. The van der Waals surface area contributed by atoms with E-state index in [2.05, 4.69) is 20.8 Å². The highest BCUT2D eigenvalue weighted by molar-refractivity contribution is 6.31. The smallest absolute Gasteiger partial charge is 0.225 e. The summed E-state index contributed by atoms with van der Waals surface area (Å²) in [6.07, 6.45) is 2.35. The van der Waals surface area contributed by atoms with Gasteiger partial charge in [0.05, 0.1) is 0 Å². The van der Waals surface area contributed by atoms with Crippen molar-refractivity contribution in [2.75, 3.05) is 10.6 Å². The number of unbranched alkanes of at least 4 members (excludes halogenated alkanes) is 1. The van der Waals surface area contributed by atoms with Crippen LogP contribution in [0.4, 0.5) is 17.3 Å². The summed E-state index contributed by atoms with van der Waals surface area (Å²) in [5.74, 6) is 1.01. The summed E-state index contributed by atoms with van der Waals surface area (Å²) in [6.45, 7) is 3.98. The number of hydrogen-bond acceptors (Lipinski definition) is 4. The number of carbonyl (C=O) groups excluding carboxylic acids is 1. The molecule has 0 bridgehead atoms. The highest BCUT2D eigenvalue weighted by Gasteiger charge is 2.06. The molecule has 116 valence electrons. The maximum Gasteiger partial charge on any atom is 0.225 e. The van der Waals surface area contributed by atoms with Crippen molar-refractivity contribution < 1.29 is 4.79 Å². The van der Waals surface area contributed by atoms with E-state index in [0.29, 0.717) is 23.1 Å². The van der Waals surface area contributed by atoms with E-state index in [1.54, 1.807) is 12.1 Å². The lowest BCUT2D eigenvalue weighted by Gasteiger charge is -2.10. The highest BCUT2D eigenvalue weighted by atomic mass is 35.5. The Kier molecular flexibility index (Phi) is 5.72. The molecule has 1 aromatic heterocycles. The average molecular weight is 319 g/mol. The van der Waals surface area contributed by atoms with Crippen LogP contribution in [0, 0.1) is 6.92 Å². The largest absolute Gasteiger partial charge is 0.338 e. The second-order valence-corrected chi connectivity index (χ2v) is 5.40. The summed E-state index contributed by atoms with van der Waals surface area (Å²) in [7, 11) is 0. The molecule has 0 aliphatic rings. The molecule has 0 saturated carbocycles. The minimum absolute atomic E-state index is 0.0393. The van der Waals surface area contributed by atoms with Gasteiger partial charge in [-0.25, -0.2) is 0 Å². The first-order valence-corrected chi connectivity index (χ1v) is 7.63. The molecule has 1 heterocycles. The van der Waals surface area contributed by atoms with Crippen LogP contribution in [-0.2, 0) is 4.79 Å².